The second kappa shape index (κ2) is 5.58. The molecule has 0 fully saturated rings. The number of carbonyl (C=O) groups is 1. The van der Waals surface area contributed by atoms with Gasteiger partial charge in [-0.2, -0.15) is 5.10 Å². The smallest absolute Gasteiger partial charge is 0.335 e. The summed E-state index contributed by atoms with van der Waals surface area (Å²) in [5, 5.41) is 13.2. The molecule has 2 rings (SSSR count). The first-order valence-electron chi connectivity index (χ1n) is 5.44. The third-order valence-corrected chi connectivity index (χ3v) is 2.68. The van der Waals surface area contributed by atoms with E-state index < -0.39 is 5.97 Å². The fourth-order valence-electron chi connectivity index (χ4n) is 1.43. The molecule has 0 atom stereocenters. The number of hydrogen-bond donors (Lipinski definition) is 2. The van der Waals surface area contributed by atoms with Crippen LogP contribution in [0.15, 0.2) is 39.9 Å². The molecule has 0 aliphatic heterocycles. The Morgan fingerprint density at radius 2 is 2.21 bits per heavy atom. The monoisotopic (exact) mass is 278 g/mol. The van der Waals surface area contributed by atoms with Crippen LogP contribution in [0.5, 0.6) is 0 Å². The number of furan rings is 1. The zero-order valence-electron chi connectivity index (χ0n) is 10.1. The van der Waals surface area contributed by atoms with Crippen LogP contribution in [0.25, 0.3) is 0 Å². The van der Waals surface area contributed by atoms with Crippen molar-refractivity contribution < 1.29 is 14.3 Å². The van der Waals surface area contributed by atoms with Gasteiger partial charge in [-0.3, -0.25) is 5.43 Å². The van der Waals surface area contributed by atoms with E-state index in [4.69, 9.17) is 21.1 Å². The van der Waals surface area contributed by atoms with E-state index in [-0.39, 0.29) is 5.56 Å². The average Bonchev–Trinajstić information content (AvgIpc) is 2.77. The summed E-state index contributed by atoms with van der Waals surface area (Å²) in [6.07, 6.45) is 1.48. The van der Waals surface area contributed by atoms with Gasteiger partial charge in [0.05, 0.1) is 22.5 Å². The number of nitrogens with one attached hydrogen (secondary N) is 1. The Morgan fingerprint density at radius 1 is 1.42 bits per heavy atom. The highest BCUT2D eigenvalue weighted by atomic mass is 35.5. The molecule has 19 heavy (non-hydrogen) atoms. The highest BCUT2D eigenvalue weighted by Crippen LogP contribution is 2.23. The van der Waals surface area contributed by atoms with E-state index in [2.05, 4.69) is 10.5 Å². The maximum absolute atomic E-state index is 10.8. The Kier molecular flexibility index (Phi) is 3.87. The van der Waals surface area contributed by atoms with Gasteiger partial charge in [0.2, 0.25) is 0 Å². The molecule has 2 N–H and O–H groups in total. The maximum Gasteiger partial charge on any atom is 0.335 e. The molecule has 1 heterocycles. The van der Waals surface area contributed by atoms with Crippen molar-refractivity contribution in [3.8, 4) is 0 Å². The molecule has 0 amide bonds. The first kappa shape index (κ1) is 13.2. The lowest BCUT2D eigenvalue weighted by molar-refractivity contribution is 0.0697. The first-order valence-corrected chi connectivity index (χ1v) is 5.82. The molecule has 98 valence electrons. The van der Waals surface area contributed by atoms with E-state index in [1.807, 2.05) is 13.0 Å². The summed E-state index contributed by atoms with van der Waals surface area (Å²) in [6.45, 7) is 1.83. The number of benzene rings is 1. The van der Waals surface area contributed by atoms with Crippen molar-refractivity contribution in [3.05, 3.63) is 52.4 Å². The Hall–Kier alpha value is -2.27. The van der Waals surface area contributed by atoms with Crippen molar-refractivity contribution in [2.75, 3.05) is 5.43 Å². The number of aryl methyl sites for hydroxylation is 1. The molecule has 1 aromatic heterocycles. The lowest BCUT2D eigenvalue weighted by Gasteiger charge is -2.04. The third kappa shape index (κ3) is 3.35. The second-order valence-corrected chi connectivity index (χ2v) is 4.23. The number of hydrazone groups is 1. The second-order valence-electron chi connectivity index (χ2n) is 3.82. The number of hydrogen-bond acceptors (Lipinski definition) is 4. The molecule has 0 saturated heterocycles. The minimum Gasteiger partial charge on any atom is -0.478 e. The van der Waals surface area contributed by atoms with Gasteiger partial charge >= 0.3 is 5.97 Å². The number of rotatable bonds is 4. The number of halogens is 1. The summed E-state index contributed by atoms with van der Waals surface area (Å²) in [6, 6.07) is 7.93. The lowest BCUT2D eigenvalue weighted by Crippen LogP contribution is -1.98. The van der Waals surface area contributed by atoms with Gasteiger partial charge < -0.3 is 9.52 Å². The van der Waals surface area contributed by atoms with E-state index in [0.29, 0.717) is 16.5 Å². The summed E-state index contributed by atoms with van der Waals surface area (Å²) >= 11 is 5.93. The van der Waals surface area contributed by atoms with Crippen LogP contribution in [0.3, 0.4) is 0 Å². The van der Waals surface area contributed by atoms with Crippen LogP contribution in [0.2, 0.25) is 5.02 Å². The van der Waals surface area contributed by atoms with Gasteiger partial charge in [-0.15, -0.1) is 0 Å². The van der Waals surface area contributed by atoms with Crippen LogP contribution in [0.4, 0.5) is 5.69 Å². The fraction of sp³-hybridized carbons (Fsp3) is 0.0769. The van der Waals surface area contributed by atoms with E-state index in [1.54, 1.807) is 6.07 Å². The van der Waals surface area contributed by atoms with E-state index >= 15 is 0 Å². The fourth-order valence-corrected chi connectivity index (χ4v) is 1.59. The zero-order chi connectivity index (χ0) is 13.8. The Balaban J connectivity index is 2.12. The van der Waals surface area contributed by atoms with Gasteiger partial charge in [0, 0.05) is 0 Å². The molecule has 0 aliphatic rings. The number of aromatic carboxylic acids is 1. The summed E-state index contributed by atoms with van der Waals surface area (Å²) in [4.78, 5) is 10.8. The number of anilines is 1. The number of carboxylic acid groups (broad SMARTS) is 1. The largest absolute Gasteiger partial charge is 0.478 e. The molecule has 0 unspecified atom stereocenters. The van der Waals surface area contributed by atoms with Crippen LogP contribution >= 0.6 is 11.6 Å². The van der Waals surface area contributed by atoms with Gasteiger partial charge in [0.1, 0.15) is 11.5 Å². The Labute approximate surface area is 114 Å². The molecule has 6 heteroatoms. The molecule has 0 spiro atoms. The van der Waals surface area contributed by atoms with Gasteiger partial charge in [-0.25, -0.2) is 4.79 Å². The molecule has 0 aliphatic carbocycles. The van der Waals surface area contributed by atoms with Crippen LogP contribution in [-0.4, -0.2) is 17.3 Å². The first-order chi connectivity index (χ1) is 9.06. The number of carboxylic acids is 1. The van der Waals surface area contributed by atoms with Crippen LogP contribution in [-0.2, 0) is 0 Å². The minimum absolute atomic E-state index is 0.135. The molecular weight excluding hydrogens is 268 g/mol. The molecule has 1 aromatic carbocycles. The normalized spacial score (nSPS) is 10.8. The van der Waals surface area contributed by atoms with Gasteiger partial charge in [0.15, 0.2) is 0 Å². The van der Waals surface area contributed by atoms with Crippen molar-refractivity contribution in [2.45, 2.75) is 6.92 Å². The van der Waals surface area contributed by atoms with Gasteiger partial charge in [-0.05, 0) is 37.3 Å². The van der Waals surface area contributed by atoms with Crippen LogP contribution in [0.1, 0.15) is 21.9 Å². The zero-order valence-corrected chi connectivity index (χ0v) is 10.8. The van der Waals surface area contributed by atoms with E-state index in [1.165, 1.54) is 24.4 Å². The summed E-state index contributed by atoms with van der Waals surface area (Å²) in [5.41, 5.74) is 3.23. The van der Waals surface area contributed by atoms with Crippen molar-refractivity contribution >= 4 is 29.5 Å². The summed E-state index contributed by atoms with van der Waals surface area (Å²) in [5.74, 6) is 0.355. The van der Waals surface area contributed by atoms with Crippen molar-refractivity contribution in [3.63, 3.8) is 0 Å². The van der Waals surface area contributed by atoms with Crippen LogP contribution < -0.4 is 5.43 Å². The topological polar surface area (TPSA) is 74.8 Å². The third-order valence-electron chi connectivity index (χ3n) is 2.35. The van der Waals surface area contributed by atoms with Crippen LogP contribution in [0, 0.1) is 6.92 Å². The van der Waals surface area contributed by atoms with Crippen molar-refractivity contribution in [1.29, 1.82) is 0 Å². The predicted molar refractivity (Wildman–Crippen MR) is 73.1 cm³/mol. The van der Waals surface area contributed by atoms with Crippen molar-refractivity contribution in [2.24, 2.45) is 5.10 Å². The Bertz CT molecular complexity index is 635. The molecule has 5 nitrogen and oxygen atoms in total. The predicted octanol–water partition coefficient (Wildman–Crippen LogP) is 3.39. The summed E-state index contributed by atoms with van der Waals surface area (Å²) < 4.78 is 5.30. The standard InChI is InChI=1S/C13H11ClN2O3/c1-8-2-4-10(19-8)7-15-16-12-6-9(13(17)18)3-5-11(12)14/h2-7,16H,1H3,(H,17,18)/b15-7-. The SMILES string of the molecule is Cc1ccc(/C=N\Nc2cc(C(=O)O)ccc2Cl)o1. The van der Waals surface area contributed by atoms with Crippen molar-refractivity contribution in [1.82, 2.24) is 0 Å². The van der Waals surface area contributed by atoms with E-state index in [0.717, 1.165) is 5.76 Å². The Morgan fingerprint density at radius 3 is 2.84 bits per heavy atom. The lowest BCUT2D eigenvalue weighted by atomic mass is 10.2. The highest BCUT2D eigenvalue weighted by molar-refractivity contribution is 6.33. The van der Waals surface area contributed by atoms with Gasteiger partial charge in [-0.1, -0.05) is 11.6 Å². The summed E-state index contributed by atoms with van der Waals surface area (Å²) in [7, 11) is 0. The average molecular weight is 279 g/mol. The highest BCUT2D eigenvalue weighted by Gasteiger charge is 2.06. The maximum atomic E-state index is 10.8. The molecule has 0 saturated carbocycles. The quantitative estimate of drug-likeness (QED) is 0.664. The molecular formula is C13H11ClN2O3. The molecule has 0 bridgehead atoms. The number of nitrogens with zero attached hydrogens (tertiary/aromatic N) is 1. The molecule has 2 aromatic rings. The minimum atomic E-state index is -1.02. The van der Waals surface area contributed by atoms with Gasteiger partial charge in [0.25, 0.3) is 0 Å². The van der Waals surface area contributed by atoms with E-state index in [9.17, 15) is 4.79 Å². The molecule has 0 radical (unpaired) electrons.